The van der Waals surface area contributed by atoms with Crippen LogP contribution in [-0.4, -0.2) is 32.2 Å². The normalized spacial score (nSPS) is 14.4. The highest BCUT2D eigenvalue weighted by atomic mass is 127. The Labute approximate surface area is 110 Å². The maximum absolute atomic E-state index is 11.3. The van der Waals surface area contributed by atoms with Gasteiger partial charge in [-0.05, 0) is 35.9 Å². The van der Waals surface area contributed by atoms with E-state index in [1.54, 1.807) is 6.26 Å². The number of nitrogens with one attached hydrogen (secondary N) is 2. The molecule has 0 fully saturated rings. The first kappa shape index (κ1) is 13.6. The van der Waals surface area contributed by atoms with Crippen molar-refractivity contribution in [1.82, 2.24) is 9.97 Å². The summed E-state index contributed by atoms with van der Waals surface area (Å²) in [6.07, 6.45) is 3.84. The minimum Gasteiger partial charge on any atom is -0.366 e. The van der Waals surface area contributed by atoms with Crippen LogP contribution in [0.1, 0.15) is 13.3 Å². The minimum atomic E-state index is -0.784. The highest BCUT2D eigenvalue weighted by Gasteiger charge is 2.08. The number of hydrogen-bond acceptors (Lipinski definition) is 4. The molecule has 1 aromatic heterocycles. The first-order valence-electron chi connectivity index (χ1n) is 4.80. The number of rotatable bonds is 5. The van der Waals surface area contributed by atoms with Crippen LogP contribution in [0.25, 0.3) is 0 Å². The van der Waals surface area contributed by atoms with Gasteiger partial charge < -0.3 is 10.3 Å². The lowest BCUT2D eigenvalue weighted by Gasteiger charge is -2.14. The predicted molar refractivity (Wildman–Crippen MR) is 74.2 cm³/mol. The van der Waals surface area contributed by atoms with Gasteiger partial charge in [0.2, 0.25) is 0 Å². The number of anilines is 1. The molecular formula is C9H14IN3O2S. The van der Waals surface area contributed by atoms with Gasteiger partial charge >= 0.3 is 0 Å². The van der Waals surface area contributed by atoms with Crippen LogP contribution in [-0.2, 0) is 10.8 Å². The van der Waals surface area contributed by atoms with Gasteiger partial charge in [-0.25, -0.2) is 4.98 Å². The molecule has 1 rings (SSSR count). The molecule has 16 heavy (non-hydrogen) atoms. The van der Waals surface area contributed by atoms with Crippen molar-refractivity contribution in [3.63, 3.8) is 0 Å². The van der Waals surface area contributed by atoms with E-state index in [4.69, 9.17) is 0 Å². The molecule has 0 saturated carbocycles. The molecule has 5 nitrogen and oxygen atoms in total. The number of nitrogens with zero attached hydrogens (tertiary/aromatic N) is 1. The van der Waals surface area contributed by atoms with Crippen LogP contribution in [0.2, 0.25) is 0 Å². The van der Waals surface area contributed by atoms with E-state index in [2.05, 4.69) is 15.3 Å². The van der Waals surface area contributed by atoms with Crippen LogP contribution in [0, 0.1) is 3.57 Å². The summed E-state index contributed by atoms with van der Waals surface area (Å²) in [5, 5.41) is 3.13. The third-order valence-electron chi connectivity index (χ3n) is 2.02. The monoisotopic (exact) mass is 355 g/mol. The Hall–Kier alpha value is -0.440. The highest BCUT2D eigenvalue weighted by molar-refractivity contribution is 14.1. The standard InChI is InChI=1S/C9H14IN3O2S/c1-6(3-4-16(2)15)13-8-7(10)9(14)12-5-11-8/h5-6H,3-4H2,1-2H3,(H2,11,12,13,14). The number of aromatic nitrogens is 2. The fraction of sp³-hybridized carbons (Fsp3) is 0.556. The van der Waals surface area contributed by atoms with Gasteiger partial charge in [0.1, 0.15) is 9.39 Å². The summed E-state index contributed by atoms with van der Waals surface area (Å²) >= 11 is 1.95. The summed E-state index contributed by atoms with van der Waals surface area (Å²) in [5.41, 5.74) is -0.149. The number of hydrogen-bond donors (Lipinski definition) is 2. The van der Waals surface area contributed by atoms with E-state index in [0.717, 1.165) is 6.42 Å². The van der Waals surface area contributed by atoms with Crippen LogP contribution in [0.15, 0.2) is 11.1 Å². The van der Waals surface area contributed by atoms with E-state index >= 15 is 0 Å². The fourth-order valence-electron chi connectivity index (χ4n) is 1.13. The Morgan fingerprint density at radius 1 is 1.69 bits per heavy atom. The number of H-pyrrole nitrogens is 1. The maximum Gasteiger partial charge on any atom is 0.266 e. The Morgan fingerprint density at radius 2 is 2.38 bits per heavy atom. The van der Waals surface area contributed by atoms with E-state index < -0.39 is 10.8 Å². The first-order chi connectivity index (χ1) is 7.50. The van der Waals surface area contributed by atoms with Crippen molar-refractivity contribution in [2.45, 2.75) is 19.4 Å². The van der Waals surface area contributed by atoms with E-state index in [1.165, 1.54) is 6.33 Å². The summed E-state index contributed by atoms with van der Waals surface area (Å²) in [5.74, 6) is 1.23. The van der Waals surface area contributed by atoms with E-state index in [1.807, 2.05) is 29.5 Å². The van der Waals surface area contributed by atoms with Gasteiger partial charge in [-0.1, -0.05) is 0 Å². The van der Waals surface area contributed by atoms with Crippen molar-refractivity contribution in [3.8, 4) is 0 Å². The van der Waals surface area contributed by atoms with Crippen molar-refractivity contribution in [1.29, 1.82) is 0 Å². The van der Waals surface area contributed by atoms with E-state index in [0.29, 0.717) is 15.1 Å². The SMILES string of the molecule is CC(CCS(C)=O)Nc1nc[nH]c(=O)c1I. The van der Waals surface area contributed by atoms with Gasteiger partial charge in [0.15, 0.2) is 0 Å². The molecule has 0 aliphatic heterocycles. The van der Waals surface area contributed by atoms with Crippen molar-refractivity contribution in [3.05, 3.63) is 20.3 Å². The van der Waals surface area contributed by atoms with Crippen molar-refractivity contribution in [2.75, 3.05) is 17.3 Å². The topological polar surface area (TPSA) is 74.8 Å². The smallest absolute Gasteiger partial charge is 0.266 e. The fourth-order valence-corrected chi connectivity index (χ4v) is 2.27. The van der Waals surface area contributed by atoms with E-state index in [9.17, 15) is 9.00 Å². The molecule has 0 aliphatic carbocycles. The lowest BCUT2D eigenvalue weighted by molar-refractivity contribution is 0.678. The third kappa shape index (κ3) is 4.20. The third-order valence-corrected chi connectivity index (χ3v) is 3.83. The zero-order valence-electron chi connectivity index (χ0n) is 9.12. The van der Waals surface area contributed by atoms with Crippen LogP contribution in [0.3, 0.4) is 0 Å². The van der Waals surface area contributed by atoms with Gasteiger partial charge in [0.05, 0.1) is 6.33 Å². The van der Waals surface area contributed by atoms with Crippen molar-refractivity contribution < 1.29 is 4.21 Å². The lowest BCUT2D eigenvalue weighted by atomic mass is 10.2. The zero-order chi connectivity index (χ0) is 12.1. The predicted octanol–water partition coefficient (Wildman–Crippen LogP) is 0.944. The molecule has 2 atom stereocenters. The Bertz CT molecular complexity index is 435. The second-order valence-corrected chi connectivity index (χ2v) is 6.14. The van der Waals surface area contributed by atoms with Crippen molar-refractivity contribution >= 4 is 39.2 Å². The number of aromatic amines is 1. The van der Waals surface area contributed by atoms with Gasteiger partial charge in [0.25, 0.3) is 5.56 Å². The Balaban J connectivity index is 2.62. The van der Waals surface area contributed by atoms with Crippen LogP contribution in [0.5, 0.6) is 0 Å². The molecule has 0 radical (unpaired) electrons. The van der Waals surface area contributed by atoms with E-state index in [-0.39, 0.29) is 11.6 Å². The molecule has 0 spiro atoms. The molecule has 0 saturated heterocycles. The second kappa shape index (κ2) is 6.33. The first-order valence-corrected chi connectivity index (χ1v) is 7.61. The molecule has 2 N–H and O–H groups in total. The molecule has 2 unspecified atom stereocenters. The zero-order valence-corrected chi connectivity index (χ0v) is 12.1. The van der Waals surface area contributed by atoms with Crippen molar-refractivity contribution in [2.24, 2.45) is 0 Å². The molecule has 0 aliphatic rings. The largest absolute Gasteiger partial charge is 0.366 e. The van der Waals surface area contributed by atoms with Gasteiger partial charge in [-0.15, -0.1) is 0 Å². The summed E-state index contributed by atoms with van der Waals surface area (Å²) in [6.45, 7) is 1.98. The quantitative estimate of drug-likeness (QED) is 0.771. The Morgan fingerprint density at radius 3 is 3.00 bits per heavy atom. The highest BCUT2D eigenvalue weighted by Crippen LogP contribution is 2.11. The van der Waals surface area contributed by atoms with Crippen LogP contribution >= 0.6 is 22.6 Å². The lowest BCUT2D eigenvalue weighted by Crippen LogP contribution is -2.22. The summed E-state index contributed by atoms with van der Waals surface area (Å²) < 4.78 is 11.5. The molecule has 1 aromatic rings. The average molecular weight is 355 g/mol. The van der Waals surface area contributed by atoms with Gasteiger partial charge in [-0.3, -0.25) is 9.00 Å². The Kier molecular flexibility index (Phi) is 5.39. The molecule has 7 heteroatoms. The van der Waals surface area contributed by atoms with Gasteiger partial charge in [0, 0.05) is 28.9 Å². The number of halogens is 1. The van der Waals surface area contributed by atoms with Crippen LogP contribution < -0.4 is 10.9 Å². The molecular weight excluding hydrogens is 341 g/mol. The second-order valence-electron chi connectivity index (χ2n) is 3.51. The minimum absolute atomic E-state index is 0.145. The average Bonchev–Trinajstić information content (AvgIpc) is 2.22. The summed E-state index contributed by atoms with van der Waals surface area (Å²) in [7, 11) is -0.784. The molecule has 0 aromatic carbocycles. The van der Waals surface area contributed by atoms with Gasteiger partial charge in [-0.2, -0.15) is 0 Å². The molecule has 90 valence electrons. The summed E-state index contributed by atoms with van der Waals surface area (Å²) in [6, 6.07) is 0.145. The molecule has 0 amide bonds. The maximum atomic E-state index is 11.3. The van der Waals surface area contributed by atoms with Crippen LogP contribution in [0.4, 0.5) is 5.82 Å². The summed E-state index contributed by atoms with van der Waals surface area (Å²) in [4.78, 5) is 17.9. The molecule has 1 heterocycles. The molecule has 0 bridgehead atoms.